The Hall–Kier alpha value is -3.14. The van der Waals surface area contributed by atoms with Crippen molar-refractivity contribution in [1.82, 2.24) is 5.32 Å². The van der Waals surface area contributed by atoms with Gasteiger partial charge in [-0.15, -0.1) is 0 Å². The summed E-state index contributed by atoms with van der Waals surface area (Å²) >= 11 is 0. The number of carbonyl (C=O) groups is 1. The molecule has 4 nitrogen and oxygen atoms in total. The van der Waals surface area contributed by atoms with Crippen molar-refractivity contribution < 1.29 is 4.79 Å². The number of likely N-dealkylation sites (N-methyl/N-ethyl adjacent to an activating group) is 1. The Morgan fingerprint density at radius 3 is 2.52 bits per heavy atom. The highest BCUT2D eigenvalue weighted by Crippen LogP contribution is 2.31. The molecule has 1 heterocycles. The van der Waals surface area contributed by atoms with E-state index in [2.05, 4.69) is 18.0 Å². The van der Waals surface area contributed by atoms with Crippen LogP contribution < -0.4 is 10.2 Å². The Bertz CT molecular complexity index is 866. The van der Waals surface area contributed by atoms with Crippen molar-refractivity contribution in [2.75, 3.05) is 18.5 Å². The van der Waals surface area contributed by atoms with Crippen LogP contribution in [-0.4, -0.2) is 25.2 Å². The molecule has 0 aromatic heterocycles. The van der Waals surface area contributed by atoms with E-state index in [4.69, 9.17) is 4.99 Å². The number of benzodiazepines with no additional fused rings is 1. The van der Waals surface area contributed by atoms with Gasteiger partial charge in [0, 0.05) is 29.9 Å². The summed E-state index contributed by atoms with van der Waals surface area (Å²) < 4.78 is 0. The van der Waals surface area contributed by atoms with Crippen molar-refractivity contribution >= 4 is 17.3 Å². The quantitative estimate of drug-likeness (QED) is 0.875. The normalized spacial score (nSPS) is 15.6. The number of hydrogen-bond donors (Lipinski definition) is 1. The first kappa shape index (κ1) is 16.7. The minimum absolute atomic E-state index is 0.113. The number of rotatable bonds is 3. The fourth-order valence-electron chi connectivity index (χ4n) is 3.01. The molecule has 0 saturated carbocycles. The minimum atomic E-state index is -0.113. The molecule has 0 aliphatic carbocycles. The van der Waals surface area contributed by atoms with Gasteiger partial charge < -0.3 is 10.2 Å². The number of anilines is 1. The zero-order valence-corrected chi connectivity index (χ0v) is 14.5. The van der Waals surface area contributed by atoms with Gasteiger partial charge in [0.05, 0.1) is 23.6 Å². The van der Waals surface area contributed by atoms with Crippen LogP contribution in [0.5, 0.6) is 0 Å². The third-order valence-electron chi connectivity index (χ3n) is 4.33. The molecule has 4 heteroatoms. The lowest BCUT2D eigenvalue weighted by molar-refractivity contribution is -0.117. The Morgan fingerprint density at radius 2 is 1.84 bits per heavy atom. The molecule has 0 bridgehead atoms. The Kier molecular flexibility index (Phi) is 4.80. The van der Waals surface area contributed by atoms with Gasteiger partial charge in [-0.25, -0.2) is 0 Å². The summed E-state index contributed by atoms with van der Waals surface area (Å²) in [6, 6.07) is 18.2. The zero-order valence-electron chi connectivity index (χ0n) is 14.5. The average molecular weight is 331 g/mol. The SMILES string of the molecule is C=CN1/C(=C(\C)C(=O)NC)CN=C(c2ccccc2)c2ccccc21. The van der Waals surface area contributed by atoms with E-state index in [9.17, 15) is 4.79 Å². The second-order valence-electron chi connectivity index (χ2n) is 5.75. The molecule has 2 aromatic rings. The molecule has 126 valence electrons. The largest absolute Gasteiger partial charge is 0.355 e. The van der Waals surface area contributed by atoms with Gasteiger partial charge in [0.1, 0.15) is 0 Å². The molecule has 3 rings (SSSR count). The van der Waals surface area contributed by atoms with Crippen LogP contribution in [0.15, 0.2) is 83.6 Å². The second-order valence-corrected chi connectivity index (χ2v) is 5.75. The van der Waals surface area contributed by atoms with E-state index >= 15 is 0 Å². The maximum Gasteiger partial charge on any atom is 0.248 e. The van der Waals surface area contributed by atoms with E-state index in [1.54, 1.807) is 13.2 Å². The lowest BCUT2D eigenvalue weighted by Crippen LogP contribution is -2.26. The molecule has 2 aromatic carbocycles. The van der Waals surface area contributed by atoms with E-state index in [0.717, 1.165) is 28.2 Å². The van der Waals surface area contributed by atoms with Gasteiger partial charge >= 0.3 is 0 Å². The molecule has 0 unspecified atom stereocenters. The predicted molar refractivity (Wildman–Crippen MR) is 103 cm³/mol. The number of para-hydroxylation sites is 1. The summed E-state index contributed by atoms with van der Waals surface area (Å²) in [6.45, 7) is 6.17. The third kappa shape index (κ3) is 3.11. The fraction of sp³-hybridized carbons (Fsp3) is 0.143. The summed E-state index contributed by atoms with van der Waals surface area (Å²) in [5, 5.41) is 2.69. The standard InChI is InChI=1S/C21H21N3O/c1-4-24-18-13-9-8-12-17(18)20(16-10-6-5-7-11-16)23-14-19(24)15(2)21(25)22-3/h4-13H,1,14H2,2-3H3,(H,22,25)/b19-15+. The number of aliphatic imine (C=N–C) groups is 1. The number of nitrogens with one attached hydrogen (secondary N) is 1. The summed E-state index contributed by atoms with van der Waals surface area (Å²) in [6.07, 6.45) is 1.74. The van der Waals surface area contributed by atoms with Crippen LogP contribution >= 0.6 is 0 Å². The van der Waals surface area contributed by atoms with Crippen molar-refractivity contribution in [3.05, 3.63) is 89.8 Å². The molecule has 1 aliphatic heterocycles. The highest BCUT2D eigenvalue weighted by molar-refractivity contribution is 6.16. The van der Waals surface area contributed by atoms with Gasteiger partial charge in [0.25, 0.3) is 0 Å². The molecular weight excluding hydrogens is 310 g/mol. The lowest BCUT2D eigenvalue weighted by Gasteiger charge is -2.24. The van der Waals surface area contributed by atoms with E-state index in [0.29, 0.717) is 12.1 Å². The average Bonchev–Trinajstić information content (AvgIpc) is 2.84. The highest BCUT2D eigenvalue weighted by Gasteiger charge is 2.23. The van der Waals surface area contributed by atoms with Crippen molar-refractivity contribution in [2.24, 2.45) is 4.99 Å². The molecule has 0 spiro atoms. The first-order valence-corrected chi connectivity index (χ1v) is 8.20. The van der Waals surface area contributed by atoms with Crippen molar-refractivity contribution in [1.29, 1.82) is 0 Å². The number of carbonyl (C=O) groups excluding carboxylic acids is 1. The van der Waals surface area contributed by atoms with Crippen LogP contribution in [0.2, 0.25) is 0 Å². The molecule has 25 heavy (non-hydrogen) atoms. The summed E-state index contributed by atoms with van der Waals surface area (Å²) in [7, 11) is 1.63. The van der Waals surface area contributed by atoms with Gasteiger partial charge in [-0.1, -0.05) is 55.1 Å². The summed E-state index contributed by atoms with van der Waals surface area (Å²) in [4.78, 5) is 19.0. The van der Waals surface area contributed by atoms with Crippen LogP contribution in [0.1, 0.15) is 18.1 Å². The van der Waals surface area contributed by atoms with Crippen LogP contribution in [0, 0.1) is 0 Å². The monoisotopic (exact) mass is 331 g/mol. The number of benzene rings is 2. The second kappa shape index (κ2) is 7.18. The fourth-order valence-corrected chi connectivity index (χ4v) is 3.01. The number of fused-ring (bicyclic) bond motifs is 1. The van der Waals surface area contributed by atoms with Gasteiger partial charge in [0.15, 0.2) is 0 Å². The van der Waals surface area contributed by atoms with E-state index in [1.165, 1.54) is 0 Å². The molecule has 0 atom stereocenters. The lowest BCUT2D eigenvalue weighted by atomic mass is 10.0. The molecule has 1 amide bonds. The molecule has 0 radical (unpaired) electrons. The third-order valence-corrected chi connectivity index (χ3v) is 4.33. The number of nitrogens with zero attached hydrogens (tertiary/aromatic N) is 2. The van der Waals surface area contributed by atoms with E-state index in [1.807, 2.05) is 60.4 Å². The van der Waals surface area contributed by atoms with E-state index < -0.39 is 0 Å². The number of hydrogen-bond acceptors (Lipinski definition) is 3. The van der Waals surface area contributed by atoms with Crippen LogP contribution in [0.3, 0.4) is 0 Å². The first-order valence-electron chi connectivity index (χ1n) is 8.20. The molecule has 1 aliphatic rings. The van der Waals surface area contributed by atoms with Gasteiger partial charge in [0.2, 0.25) is 5.91 Å². The summed E-state index contributed by atoms with van der Waals surface area (Å²) in [5.74, 6) is -0.113. The van der Waals surface area contributed by atoms with E-state index in [-0.39, 0.29) is 5.91 Å². The molecule has 1 N–H and O–H groups in total. The summed E-state index contributed by atoms with van der Waals surface area (Å²) in [5.41, 5.74) is 5.42. The molecule has 0 fully saturated rings. The highest BCUT2D eigenvalue weighted by atomic mass is 16.1. The maximum absolute atomic E-state index is 12.2. The predicted octanol–water partition coefficient (Wildman–Crippen LogP) is 3.51. The molecule has 0 saturated heterocycles. The molecular formula is C21H21N3O. The smallest absolute Gasteiger partial charge is 0.248 e. The Labute approximate surface area is 148 Å². The van der Waals surface area contributed by atoms with Crippen molar-refractivity contribution in [3.8, 4) is 0 Å². The first-order chi connectivity index (χ1) is 12.2. The van der Waals surface area contributed by atoms with Crippen LogP contribution in [-0.2, 0) is 4.79 Å². The minimum Gasteiger partial charge on any atom is -0.355 e. The maximum atomic E-state index is 12.2. The van der Waals surface area contributed by atoms with Crippen molar-refractivity contribution in [3.63, 3.8) is 0 Å². The Morgan fingerprint density at radius 1 is 1.16 bits per heavy atom. The van der Waals surface area contributed by atoms with Gasteiger partial charge in [-0.2, -0.15) is 0 Å². The van der Waals surface area contributed by atoms with Crippen LogP contribution in [0.4, 0.5) is 5.69 Å². The van der Waals surface area contributed by atoms with Gasteiger partial charge in [-0.3, -0.25) is 9.79 Å². The van der Waals surface area contributed by atoms with Gasteiger partial charge in [-0.05, 0) is 13.0 Å². The topological polar surface area (TPSA) is 44.7 Å². The zero-order chi connectivity index (χ0) is 17.8. The Balaban J connectivity index is 2.24. The number of amides is 1. The van der Waals surface area contributed by atoms with Crippen LogP contribution in [0.25, 0.3) is 0 Å². The van der Waals surface area contributed by atoms with Crippen molar-refractivity contribution in [2.45, 2.75) is 6.92 Å².